The van der Waals surface area contributed by atoms with Crippen molar-refractivity contribution >= 4 is 17.7 Å². The topological polar surface area (TPSA) is 153 Å². The van der Waals surface area contributed by atoms with Gasteiger partial charge in [0.1, 0.15) is 6.04 Å². The number of ketones is 1. The Morgan fingerprint density at radius 1 is 1.06 bits per heavy atom. The molecule has 0 saturated carbocycles. The van der Waals surface area contributed by atoms with E-state index >= 15 is 0 Å². The van der Waals surface area contributed by atoms with E-state index in [-0.39, 0.29) is 28.4 Å². The molecule has 0 spiro atoms. The van der Waals surface area contributed by atoms with E-state index in [2.05, 4.69) is 0 Å². The van der Waals surface area contributed by atoms with E-state index in [9.17, 15) is 14.4 Å². The van der Waals surface area contributed by atoms with E-state index in [0.717, 1.165) is 6.92 Å². The third kappa shape index (κ3) is 39.1. The van der Waals surface area contributed by atoms with Crippen LogP contribution in [0.4, 0.5) is 0 Å². The van der Waals surface area contributed by atoms with Gasteiger partial charge in [-0.3, -0.25) is 9.59 Å². The van der Waals surface area contributed by atoms with Gasteiger partial charge in [0.05, 0.1) is 0 Å². The van der Waals surface area contributed by atoms with Crippen LogP contribution in [0, 0.1) is 0 Å². The van der Waals surface area contributed by atoms with E-state index in [4.69, 9.17) is 15.9 Å². The van der Waals surface area contributed by atoms with Gasteiger partial charge in [0.15, 0.2) is 0 Å². The highest BCUT2D eigenvalue weighted by Gasteiger charge is 1.99. The Hall–Kier alpha value is -1.47. The summed E-state index contributed by atoms with van der Waals surface area (Å²) in [5.41, 5.74) is 4.84. The summed E-state index contributed by atoms with van der Waals surface area (Å²) in [5, 5.41) is 15.5. The van der Waals surface area contributed by atoms with Crippen molar-refractivity contribution in [2.75, 3.05) is 0 Å². The lowest BCUT2D eigenvalue weighted by Crippen LogP contribution is -2.25. The molecule has 0 aromatic heterocycles. The average molecular weight is 242 g/mol. The number of carbonyl (C=O) groups is 3. The zero-order valence-corrected chi connectivity index (χ0v) is 7.48. The maximum absolute atomic E-state index is 9.57. The summed E-state index contributed by atoms with van der Waals surface area (Å²) >= 11 is 0. The first-order valence-corrected chi connectivity index (χ1v) is 3.01. The van der Waals surface area contributed by atoms with Gasteiger partial charge in [-0.15, -0.1) is 0 Å². The Balaban J connectivity index is -0.0000000250. The van der Waals surface area contributed by atoms with Crippen LogP contribution in [0.25, 0.3) is 0 Å². The molecular formula is C9H26N2O5. The van der Waals surface area contributed by atoms with Gasteiger partial charge in [0, 0.05) is 6.92 Å². The average Bonchev–Trinajstić information content (AvgIpc) is 1.88. The molecule has 0 aliphatic heterocycles. The van der Waals surface area contributed by atoms with Crippen molar-refractivity contribution < 1.29 is 24.6 Å². The summed E-state index contributed by atoms with van der Waals surface area (Å²) < 4.78 is 0. The quantitative estimate of drug-likeness (QED) is 0.529. The SMILES string of the molecule is C.C.C.CC(=O)C(=O)O.CC(N)C(=O)O.N. The van der Waals surface area contributed by atoms with Crippen molar-refractivity contribution in [1.82, 2.24) is 6.15 Å². The Morgan fingerprint density at radius 3 is 1.19 bits per heavy atom. The van der Waals surface area contributed by atoms with Crippen molar-refractivity contribution in [2.45, 2.75) is 42.2 Å². The van der Waals surface area contributed by atoms with Crippen molar-refractivity contribution in [3.8, 4) is 0 Å². The number of carboxylic acid groups (broad SMARTS) is 2. The monoisotopic (exact) mass is 242 g/mol. The van der Waals surface area contributed by atoms with Gasteiger partial charge in [-0.05, 0) is 6.92 Å². The predicted molar refractivity (Wildman–Crippen MR) is 64.8 cm³/mol. The van der Waals surface area contributed by atoms with Crippen LogP contribution in [-0.4, -0.2) is 34.0 Å². The van der Waals surface area contributed by atoms with Crippen LogP contribution in [0.2, 0.25) is 0 Å². The van der Waals surface area contributed by atoms with Gasteiger partial charge in [-0.25, -0.2) is 4.79 Å². The maximum atomic E-state index is 9.57. The fraction of sp³-hybridized carbons (Fsp3) is 0.667. The highest BCUT2D eigenvalue weighted by Crippen LogP contribution is 1.68. The second-order valence-electron chi connectivity index (χ2n) is 1.99. The minimum atomic E-state index is -1.38. The highest BCUT2D eigenvalue weighted by molar-refractivity contribution is 6.31. The summed E-state index contributed by atoms with van der Waals surface area (Å²) in [6.07, 6.45) is 0. The second kappa shape index (κ2) is 19.2. The summed E-state index contributed by atoms with van der Waals surface area (Å²) in [6, 6.07) is -0.731. The summed E-state index contributed by atoms with van der Waals surface area (Å²) in [5.74, 6) is -3.17. The Morgan fingerprint density at radius 2 is 1.19 bits per heavy atom. The van der Waals surface area contributed by atoms with E-state index in [1.165, 1.54) is 6.92 Å². The number of nitrogens with two attached hydrogens (primary N) is 1. The lowest BCUT2D eigenvalue weighted by Gasteiger charge is -1.90. The summed E-state index contributed by atoms with van der Waals surface area (Å²) in [6.45, 7) is 2.42. The van der Waals surface area contributed by atoms with Crippen molar-refractivity contribution in [3.63, 3.8) is 0 Å². The molecule has 0 aliphatic rings. The number of rotatable bonds is 2. The van der Waals surface area contributed by atoms with Crippen LogP contribution in [0.1, 0.15) is 36.1 Å². The first kappa shape index (κ1) is 36.6. The maximum Gasteiger partial charge on any atom is 0.371 e. The van der Waals surface area contributed by atoms with E-state index in [0.29, 0.717) is 0 Å². The molecule has 102 valence electrons. The van der Waals surface area contributed by atoms with Crippen LogP contribution in [-0.2, 0) is 14.4 Å². The van der Waals surface area contributed by atoms with Crippen LogP contribution in [0.3, 0.4) is 0 Å². The molecule has 7 heteroatoms. The fourth-order valence-corrected chi connectivity index (χ4v) is 0. The Labute approximate surface area is 97.2 Å². The molecule has 0 bridgehead atoms. The smallest absolute Gasteiger partial charge is 0.371 e. The minimum absolute atomic E-state index is 0. The molecule has 7 nitrogen and oxygen atoms in total. The standard InChI is InChI=1S/C3H7NO2.C3H4O3.3CH4.H3N/c2*1-2(4)3(5)6;;;;/h2H,4H2,1H3,(H,5,6);1H3,(H,5,6);3*1H4;1H3. The van der Waals surface area contributed by atoms with Gasteiger partial charge in [0.2, 0.25) is 5.78 Å². The van der Waals surface area contributed by atoms with Gasteiger partial charge in [0.25, 0.3) is 0 Å². The van der Waals surface area contributed by atoms with E-state index in [1.54, 1.807) is 0 Å². The lowest BCUT2D eigenvalue weighted by molar-refractivity contribution is -0.148. The number of carbonyl (C=O) groups excluding carboxylic acids is 1. The first-order valence-electron chi connectivity index (χ1n) is 3.01. The lowest BCUT2D eigenvalue weighted by atomic mass is 10.4. The molecule has 1 atom stereocenters. The van der Waals surface area contributed by atoms with Gasteiger partial charge in [-0.1, -0.05) is 22.3 Å². The van der Waals surface area contributed by atoms with Gasteiger partial charge < -0.3 is 22.1 Å². The summed E-state index contributed by atoms with van der Waals surface area (Å²) in [4.78, 5) is 28.5. The van der Waals surface area contributed by atoms with Gasteiger partial charge in [-0.2, -0.15) is 0 Å². The molecule has 0 aliphatic carbocycles. The Bertz CT molecular complexity index is 180. The van der Waals surface area contributed by atoms with Crippen molar-refractivity contribution in [3.05, 3.63) is 0 Å². The van der Waals surface area contributed by atoms with Crippen LogP contribution in [0.15, 0.2) is 0 Å². The minimum Gasteiger partial charge on any atom is -0.480 e. The molecule has 1 unspecified atom stereocenters. The number of hydrogen-bond acceptors (Lipinski definition) is 5. The highest BCUT2D eigenvalue weighted by atomic mass is 16.4. The van der Waals surface area contributed by atoms with E-state index in [1.807, 2.05) is 0 Å². The summed E-state index contributed by atoms with van der Waals surface area (Å²) in [7, 11) is 0. The molecule has 0 radical (unpaired) electrons. The third-order valence-electron chi connectivity index (χ3n) is 0.691. The third-order valence-corrected chi connectivity index (χ3v) is 0.691. The molecular weight excluding hydrogens is 216 g/mol. The predicted octanol–water partition coefficient (Wildman–Crippen LogP) is 1.15. The molecule has 16 heavy (non-hydrogen) atoms. The van der Waals surface area contributed by atoms with E-state index < -0.39 is 23.8 Å². The number of Topliss-reactive ketones (excluding diaryl/α,β-unsaturated/α-hetero) is 1. The van der Waals surface area contributed by atoms with Crippen molar-refractivity contribution in [1.29, 1.82) is 0 Å². The molecule has 0 fully saturated rings. The first-order chi connectivity index (χ1) is 5.29. The zero-order valence-electron chi connectivity index (χ0n) is 7.48. The van der Waals surface area contributed by atoms with Gasteiger partial charge >= 0.3 is 11.9 Å². The number of hydrogen-bond donors (Lipinski definition) is 4. The normalized spacial score (nSPS) is 7.94. The molecule has 0 heterocycles. The molecule has 0 aromatic rings. The van der Waals surface area contributed by atoms with Crippen LogP contribution < -0.4 is 11.9 Å². The molecule has 0 rings (SSSR count). The molecule has 0 amide bonds. The van der Waals surface area contributed by atoms with Crippen LogP contribution in [0.5, 0.6) is 0 Å². The molecule has 0 aromatic carbocycles. The largest absolute Gasteiger partial charge is 0.480 e. The number of carboxylic acids is 2. The van der Waals surface area contributed by atoms with Crippen molar-refractivity contribution in [2.24, 2.45) is 5.73 Å². The Kier molecular flexibility index (Phi) is 43.8. The molecule has 7 N–H and O–H groups in total. The number of aliphatic carboxylic acids is 2. The fourth-order valence-electron chi connectivity index (χ4n) is 0. The zero-order chi connectivity index (χ0) is 10.3. The van der Waals surface area contributed by atoms with Crippen LogP contribution >= 0.6 is 0 Å². The second-order valence-corrected chi connectivity index (χ2v) is 1.99. The molecule has 0 saturated heterocycles.